The highest BCUT2D eigenvalue weighted by Gasteiger charge is 2.11. The molecule has 1 aromatic heterocycles. The van der Waals surface area contributed by atoms with Crippen molar-refractivity contribution >= 4 is 35.1 Å². The van der Waals surface area contributed by atoms with E-state index in [4.69, 9.17) is 0 Å². The highest BCUT2D eigenvalue weighted by Crippen LogP contribution is 2.25. The number of thioether (sulfide) groups is 1. The summed E-state index contributed by atoms with van der Waals surface area (Å²) >= 11 is 3.60. The Morgan fingerprint density at radius 3 is 2.45 bits per heavy atom. The largest absolute Gasteiger partial charge is 0.370 e. The number of nitrogens with one attached hydrogen (secondary N) is 1. The van der Waals surface area contributed by atoms with Gasteiger partial charge in [-0.05, 0) is 54.1 Å². The Bertz CT molecular complexity index is 925. The maximum atomic E-state index is 12.5. The van der Waals surface area contributed by atoms with E-state index in [9.17, 15) is 4.79 Å². The lowest BCUT2D eigenvalue weighted by atomic mass is 10.1. The van der Waals surface area contributed by atoms with Crippen molar-refractivity contribution in [3.8, 4) is 0 Å². The summed E-state index contributed by atoms with van der Waals surface area (Å²) in [7, 11) is 0. The SMILES string of the molecule is O=C(NCc1ccc(N2CCSCC2)cc1)c1ccc(Sc2ccccn2)cc1. The molecular formula is C23H23N3OS2. The van der Waals surface area contributed by atoms with Crippen LogP contribution in [0.3, 0.4) is 0 Å². The smallest absolute Gasteiger partial charge is 0.251 e. The zero-order valence-corrected chi connectivity index (χ0v) is 17.7. The van der Waals surface area contributed by atoms with E-state index in [1.54, 1.807) is 18.0 Å². The van der Waals surface area contributed by atoms with E-state index in [1.165, 1.54) is 17.2 Å². The molecule has 0 radical (unpaired) electrons. The fourth-order valence-electron chi connectivity index (χ4n) is 3.13. The van der Waals surface area contributed by atoms with Gasteiger partial charge in [-0.25, -0.2) is 4.98 Å². The van der Waals surface area contributed by atoms with E-state index in [0.29, 0.717) is 12.1 Å². The third-order valence-corrected chi connectivity index (χ3v) is 6.64. The molecule has 0 spiro atoms. The van der Waals surface area contributed by atoms with Gasteiger partial charge in [0.15, 0.2) is 0 Å². The fourth-order valence-corrected chi connectivity index (χ4v) is 4.81. The predicted octanol–water partition coefficient (Wildman–Crippen LogP) is 4.72. The van der Waals surface area contributed by atoms with Crippen molar-refractivity contribution in [3.63, 3.8) is 0 Å². The number of benzene rings is 2. The van der Waals surface area contributed by atoms with Gasteiger partial charge >= 0.3 is 0 Å². The molecule has 1 saturated heterocycles. The first-order valence-electron chi connectivity index (χ1n) is 9.67. The summed E-state index contributed by atoms with van der Waals surface area (Å²) in [6, 6.07) is 22.0. The van der Waals surface area contributed by atoms with Gasteiger partial charge < -0.3 is 10.2 Å². The van der Waals surface area contributed by atoms with Gasteiger partial charge in [-0.2, -0.15) is 11.8 Å². The van der Waals surface area contributed by atoms with Crippen LogP contribution in [0.1, 0.15) is 15.9 Å². The third kappa shape index (κ3) is 5.55. The second-order valence-electron chi connectivity index (χ2n) is 6.74. The van der Waals surface area contributed by atoms with Crippen molar-refractivity contribution in [2.45, 2.75) is 16.5 Å². The van der Waals surface area contributed by atoms with Crippen LogP contribution in [0.15, 0.2) is 82.8 Å². The number of carbonyl (C=O) groups is 1. The molecule has 0 atom stereocenters. The number of hydrogen-bond acceptors (Lipinski definition) is 5. The number of amides is 1. The van der Waals surface area contributed by atoms with Crippen LogP contribution < -0.4 is 10.2 Å². The minimum absolute atomic E-state index is 0.0588. The minimum Gasteiger partial charge on any atom is -0.370 e. The Hall–Kier alpha value is -2.44. The van der Waals surface area contributed by atoms with Gasteiger partial charge in [0.25, 0.3) is 5.91 Å². The summed E-state index contributed by atoms with van der Waals surface area (Å²) in [4.78, 5) is 20.3. The Morgan fingerprint density at radius 2 is 1.76 bits per heavy atom. The molecule has 4 rings (SSSR count). The normalized spacial score (nSPS) is 13.9. The average molecular weight is 422 g/mol. The van der Waals surface area contributed by atoms with Crippen molar-refractivity contribution in [2.24, 2.45) is 0 Å². The Kier molecular flexibility index (Phi) is 6.75. The average Bonchev–Trinajstić information content (AvgIpc) is 2.80. The number of pyridine rings is 1. The summed E-state index contributed by atoms with van der Waals surface area (Å²) in [5.41, 5.74) is 3.04. The third-order valence-electron chi connectivity index (χ3n) is 4.74. The lowest BCUT2D eigenvalue weighted by Crippen LogP contribution is -2.32. The summed E-state index contributed by atoms with van der Waals surface area (Å²) in [6.07, 6.45) is 1.78. The number of anilines is 1. The molecule has 2 heterocycles. The first-order valence-corrected chi connectivity index (χ1v) is 11.6. The molecule has 1 amide bonds. The number of rotatable bonds is 6. The quantitative estimate of drug-likeness (QED) is 0.624. The molecule has 0 bridgehead atoms. The second-order valence-corrected chi connectivity index (χ2v) is 9.06. The molecule has 1 aliphatic heterocycles. The Morgan fingerprint density at radius 1 is 1.00 bits per heavy atom. The van der Waals surface area contributed by atoms with Gasteiger partial charge in [0, 0.05) is 53.5 Å². The van der Waals surface area contributed by atoms with Crippen LogP contribution in [0.5, 0.6) is 0 Å². The van der Waals surface area contributed by atoms with E-state index >= 15 is 0 Å². The van der Waals surface area contributed by atoms with Crippen LogP contribution in [0.25, 0.3) is 0 Å². The van der Waals surface area contributed by atoms with Crippen LogP contribution in [0.2, 0.25) is 0 Å². The second kappa shape index (κ2) is 9.85. The topological polar surface area (TPSA) is 45.2 Å². The highest BCUT2D eigenvalue weighted by atomic mass is 32.2. The monoisotopic (exact) mass is 421 g/mol. The molecule has 4 nitrogen and oxygen atoms in total. The Labute approximate surface area is 180 Å². The summed E-state index contributed by atoms with van der Waals surface area (Å²) < 4.78 is 0. The zero-order valence-electron chi connectivity index (χ0n) is 16.1. The van der Waals surface area contributed by atoms with Gasteiger partial charge in [0.05, 0.1) is 0 Å². The van der Waals surface area contributed by atoms with Crippen molar-refractivity contribution in [1.82, 2.24) is 10.3 Å². The van der Waals surface area contributed by atoms with E-state index in [-0.39, 0.29) is 5.91 Å². The van der Waals surface area contributed by atoms with E-state index in [1.807, 2.05) is 54.2 Å². The van der Waals surface area contributed by atoms with Gasteiger partial charge in [0.1, 0.15) is 5.03 Å². The lowest BCUT2D eigenvalue weighted by Gasteiger charge is -2.28. The predicted molar refractivity (Wildman–Crippen MR) is 122 cm³/mol. The van der Waals surface area contributed by atoms with E-state index < -0.39 is 0 Å². The van der Waals surface area contributed by atoms with E-state index in [0.717, 1.165) is 28.6 Å². The molecule has 0 unspecified atom stereocenters. The maximum Gasteiger partial charge on any atom is 0.251 e. The van der Waals surface area contributed by atoms with Crippen molar-refractivity contribution in [1.29, 1.82) is 0 Å². The Balaban J connectivity index is 1.30. The molecule has 2 aromatic carbocycles. The van der Waals surface area contributed by atoms with Gasteiger partial charge in [0.2, 0.25) is 0 Å². The molecule has 1 N–H and O–H groups in total. The number of nitrogens with zero attached hydrogens (tertiary/aromatic N) is 2. The molecule has 1 aliphatic rings. The van der Waals surface area contributed by atoms with Gasteiger partial charge in [-0.3, -0.25) is 4.79 Å². The standard InChI is InChI=1S/C23H23N3OS2/c27-23(19-6-10-21(11-7-19)29-22-3-1-2-12-24-22)25-17-18-4-8-20(9-5-18)26-13-15-28-16-14-26/h1-12H,13-17H2,(H,25,27). The summed E-state index contributed by atoms with van der Waals surface area (Å²) in [5.74, 6) is 2.32. The molecule has 3 aromatic rings. The first kappa shape index (κ1) is 19.9. The molecule has 6 heteroatoms. The number of carbonyl (C=O) groups excluding carboxylic acids is 1. The van der Waals surface area contributed by atoms with Crippen molar-refractivity contribution in [2.75, 3.05) is 29.5 Å². The number of hydrogen-bond donors (Lipinski definition) is 1. The molecule has 148 valence electrons. The molecule has 0 aliphatic carbocycles. The molecule has 0 saturated carbocycles. The van der Waals surface area contributed by atoms with E-state index in [2.05, 4.69) is 39.5 Å². The van der Waals surface area contributed by atoms with Crippen LogP contribution in [-0.4, -0.2) is 35.5 Å². The first-order chi connectivity index (χ1) is 14.3. The van der Waals surface area contributed by atoms with Crippen LogP contribution in [0, 0.1) is 0 Å². The van der Waals surface area contributed by atoms with Crippen LogP contribution in [0.4, 0.5) is 5.69 Å². The van der Waals surface area contributed by atoms with Crippen LogP contribution in [-0.2, 0) is 6.54 Å². The van der Waals surface area contributed by atoms with Crippen molar-refractivity contribution < 1.29 is 4.79 Å². The molecule has 1 fully saturated rings. The van der Waals surface area contributed by atoms with Gasteiger partial charge in [-0.1, -0.05) is 30.0 Å². The van der Waals surface area contributed by atoms with Crippen molar-refractivity contribution in [3.05, 3.63) is 84.1 Å². The number of aromatic nitrogens is 1. The van der Waals surface area contributed by atoms with Crippen LogP contribution >= 0.6 is 23.5 Å². The highest BCUT2D eigenvalue weighted by molar-refractivity contribution is 7.99. The summed E-state index contributed by atoms with van der Waals surface area (Å²) in [5, 5.41) is 3.95. The fraction of sp³-hybridized carbons (Fsp3) is 0.217. The maximum absolute atomic E-state index is 12.5. The molecular weight excluding hydrogens is 398 g/mol. The summed E-state index contributed by atoms with van der Waals surface area (Å²) in [6.45, 7) is 2.74. The lowest BCUT2D eigenvalue weighted by molar-refractivity contribution is 0.0951. The minimum atomic E-state index is -0.0588. The molecule has 29 heavy (non-hydrogen) atoms. The van der Waals surface area contributed by atoms with Gasteiger partial charge in [-0.15, -0.1) is 0 Å². The zero-order chi connectivity index (χ0) is 19.9.